The van der Waals surface area contributed by atoms with Gasteiger partial charge in [0.25, 0.3) is 0 Å². The van der Waals surface area contributed by atoms with Crippen molar-refractivity contribution in [3.8, 4) is 11.5 Å². The van der Waals surface area contributed by atoms with Crippen molar-refractivity contribution in [2.24, 2.45) is 0 Å². The van der Waals surface area contributed by atoms with Crippen molar-refractivity contribution >= 4 is 21.6 Å². The van der Waals surface area contributed by atoms with E-state index >= 15 is 0 Å². The minimum Gasteiger partial charge on any atom is -0.493 e. The Bertz CT molecular complexity index is 903. The molecule has 0 saturated carbocycles. The first kappa shape index (κ1) is 21.5. The highest BCUT2D eigenvalue weighted by Crippen LogP contribution is 2.25. The second kappa shape index (κ2) is 9.41. The lowest BCUT2D eigenvalue weighted by Gasteiger charge is -2.28. The van der Waals surface area contributed by atoms with Gasteiger partial charge < -0.3 is 14.8 Å². The third-order valence-corrected chi connectivity index (χ3v) is 5.14. The van der Waals surface area contributed by atoms with Crippen LogP contribution in [0.1, 0.15) is 6.92 Å². The molecule has 28 heavy (non-hydrogen) atoms. The van der Waals surface area contributed by atoms with E-state index < -0.39 is 27.8 Å². The lowest BCUT2D eigenvalue weighted by molar-refractivity contribution is -0.121. The zero-order valence-corrected chi connectivity index (χ0v) is 16.7. The first-order valence-corrected chi connectivity index (χ1v) is 10.4. The maximum Gasteiger partial charge on any atom is 0.243 e. The van der Waals surface area contributed by atoms with Crippen LogP contribution in [0.3, 0.4) is 0 Å². The highest BCUT2D eigenvalue weighted by molar-refractivity contribution is 7.92. The second-order valence-electron chi connectivity index (χ2n) is 6.00. The van der Waals surface area contributed by atoms with Crippen LogP contribution in [0.2, 0.25) is 0 Å². The largest absolute Gasteiger partial charge is 0.493 e. The summed E-state index contributed by atoms with van der Waals surface area (Å²) in [5, 5.41) is 2.64. The monoisotopic (exact) mass is 410 g/mol. The van der Waals surface area contributed by atoms with Gasteiger partial charge in [0.1, 0.15) is 18.5 Å². The number of hydrogen-bond donors (Lipinski definition) is 1. The van der Waals surface area contributed by atoms with E-state index in [2.05, 4.69) is 5.32 Å². The van der Waals surface area contributed by atoms with E-state index in [1.807, 2.05) is 6.07 Å². The van der Waals surface area contributed by atoms with Gasteiger partial charge in [-0.3, -0.25) is 9.10 Å². The summed E-state index contributed by atoms with van der Waals surface area (Å²) in [4.78, 5) is 12.4. The van der Waals surface area contributed by atoms with Gasteiger partial charge in [-0.15, -0.1) is 0 Å². The number of carbonyl (C=O) groups is 1. The smallest absolute Gasteiger partial charge is 0.243 e. The summed E-state index contributed by atoms with van der Waals surface area (Å²) in [6.45, 7) is 1.80. The Kier molecular flexibility index (Phi) is 7.22. The molecule has 1 N–H and O–H groups in total. The quantitative estimate of drug-likeness (QED) is 0.641. The molecule has 152 valence electrons. The molecule has 1 atom stereocenters. The highest BCUT2D eigenvalue weighted by atomic mass is 32.2. The number of carbonyl (C=O) groups excluding carboxylic acids is 1. The van der Waals surface area contributed by atoms with Gasteiger partial charge in [0.15, 0.2) is 11.5 Å². The van der Waals surface area contributed by atoms with Crippen LogP contribution in [0, 0.1) is 5.82 Å². The van der Waals surface area contributed by atoms with Crippen LogP contribution >= 0.6 is 0 Å². The van der Waals surface area contributed by atoms with Crippen molar-refractivity contribution in [2.75, 3.05) is 30.8 Å². The molecule has 0 saturated heterocycles. The molecule has 0 spiro atoms. The van der Waals surface area contributed by atoms with Gasteiger partial charge >= 0.3 is 0 Å². The van der Waals surface area contributed by atoms with Crippen LogP contribution in [0.25, 0.3) is 0 Å². The van der Waals surface area contributed by atoms with Crippen LogP contribution in [0.15, 0.2) is 48.5 Å². The zero-order valence-electron chi connectivity index (χ0n) is 15.9. The fourth-order valence-corrected chi connectivity index (χ4v) is 3.79. The van der Waals surface area contributed by atoms with E-state index in [-0.39, 0.29) is 18.8 Å². The number of rotatable bonds is 9. The van der Waals surface area contributed by atoms with Gasteiger partial charge in [0, 0.05) is 0 Å². The zero-order chi connectivity index (χ0) is 20.7. The Morgan fingerprint density at radius 3 is 2.32 bits per heavy atom. The van der Waals surface area contributed by atoms with Crippen molar-refractivity contribution in [2.45, 2.75) is 13.0 Å². The van der Waals surface area contributed by atoms with E-state index in [0.29, 0.717) is 11.5 Å². The summed E-state index contributed by atoms with van der Waals surface area (Å²) in [6.07, 6.45) is 0.991. The minimum absolute atomic E-state index is 0.169. The van der Waals surface area contributed by atoms with Crippen molar-refractivity contribution in [1.29, 1.82) is 0 Å². The number of anilines is 1. The second-order valence-corrected chi connectivity index (χ2v) is 7.86. The van der Waals surface area contributed by atoms with Crippen molar-refractivity contribution in [3.05, 3.63) is 54.3 Å². The maximum absolute atomic E-state index is 13.1. The molecular weight excluding hydrogens is 387 g/mol. The van der Waals surface area contributed by atoms with Crippen LogP contribution < -0.4 is 19.1 Å². The van der Waals surface area contributed by atoms with E-state index in [4.69, 9.17) is 9.47 Å². The molecule has 2 aromatic carbocycles. The molecule has 7 nitrogen and oxygen atoms in total. The van der Waals surface area contributed by atoms with Crippen molar-refractivity contribution in [3.63, 3.8) is 0 Å². The lowest BCUT2D eigenvalue weighted by Crippen LogP contribution is -2.48. The molecule has 0 radical (unpaired) electrons. The molecule has 0 aromatic heterocycles. The average molecular weight is 410 g/mol. The summed E-state index contributed by atoms with van der Waals surface area (Å²) in [7, 11) is -2.23. The van der Waals surface area contributed by atoms with E-state index in [0.717, 1.165) is 22.7 Å². The number of ether oxygens (including phenoxy) is 2. The van der Waals surface area contributed by atoms with Crippen LogP contribution in [-0.4, -0.2) is 46.9 Å². The van der Waals surface area contributed by atoms with Gasteiger partial charge in [0.2, 0.25) is 15.9 Å². The van der Waals surface area contributed by atoms with Gasteiger partial charge in [-0.1, -0.05) is 12.1 Å². The number of nitrogens with one attached hydrogen (secondary N) is 1. The standard InChI is InChI=1S/C19H23FN2O5S/c1-14(22(28(3,24)25)16-10-8-15(20)9-11-16)19(23)21-12-13-27-18-7-5-4-6-17(18)26-2/h4-11,14H,12-13H2,1-3H3,(H,21,23). The van der Waals surface area contributed by atoms with Crippen LogP contribution in [-0.2, 0) is 14.8 Å². The number of amides is 1. The molecule has 0 aliphatic rings. The number of nitrogens with zero attached hydrogens (tertiary/aromatic N) is 1. The number of sulfonamides is 1. The first-order chi connectivity index (χ1) is 13.2. The molecule has 2 rings (SSSR count). The summed E-state index contributed by atoms with van der Waals surface area (Å²) in [5.74, 6) is 0.110. The molecule has 1 unspecified atom stereocenters. The maximum atomic E-state index is 13.1. The first-order valence-electron chi connectivity index (χ1n) is 8.52. The van der Waals surface area contributed by atoms with Gasteiger partial charge in [0.05, 0.1) is 25.6 Å². The van der Waals surface area contributed by atoms with Crippen LogP contribution in [0.5, 0.6) is 11.5 Å². The summed E-state index contributed by atoms with van der Waals surface area (Å²) < 4.78 is 49.2. The number of methoxy groups -OCH3 is 1. The Labute approximate surface area is 164 Å². The molecule has 0 aliphatic heterocycles. The Hall–Kier alpha value is -2.81. The van der Waals surface area contributed by atoms with Gasteiger partial charge in [-0.05, 0) is 43.3 Å². The molecule has 0 aliphatic carbocycles. The number of para-hydroxylation sites is 2. The van der Waals surface area contributed by atoms with E-state index in [9.17, 15) is 17.6 Å². The molecule has 0 bridgehead atoms. The minimum atomic E-state index is -3.76. The third-order valence-electron chi connectivity index (χ3n) is 3.90. The Morgan fingerprint density at radius 2 is 1.75 bits per heavy atom. The van der Waals surface area contributed by atoms with E-state index in [1.54, 1.807) is 18.2 Å². The Balaban J connectivity index is 1.98. The van der Waals surface area contributed by atoms with Gasteiger partial charge in [-0.25, -0.2) is 12.8 Å². The predicted molar refractivity (Wildman–Crippen MR) is 105 cm³/mol. The molecule has 1 amide bonds. The molecule has 9 heteroatoms. The topological polar surface area (TPSA) is 84.9 Å². The normalized spacial score (nSPS) is 12.1. The highest BCUT2D eigenvalue weighted by Gasteiger charge is 2.28. The molecule has 2 aromatic rings. The molecular formula is C19H23FN2O5S. The molecule has 0 heterocycles. The van der Waals surface area contributed by atoms with Crippen molar-refractivity contribution < 1.29 is 27.1 Å². The number of hydrogen-bond acceptors (Lipinski definition) is 5. The fraction of sp³-hybridized carbons (Fsp3) is 0.316. The predicted octanol–water partition coefficient (Wildman–Crippen LogP) is 2.18. The molecule has 0 fully saturated rings. The number of benzene rings is 2. The third kappa shape index (κ3) is 5.59. The van der Waals surface area contributed by atoms with Crippen molar-refractivity contribution in [1.82, 2.24) is 5.32 Å². The van der Waals surface area contributed by atoms with E-state index in [1.165, 1.54) is 26.2 Å². The summed E-state index contributed by atoms with van der Waals surface area (Å²) >= 11 is 0. The summed E-state index contributed by atoms with van der Waals surface area (Å²) in [6, 6.07) is 11.0. The summed E-state index contributed by atoms with van der Waals surface area (Å²) in [5.41, 5.74) is 0.205. The Morgan fingerprint density at radius 1 is 1.14 bits per heavy atom. The SMILES string of the molecule is COc1ccccc1OCCNC(=O)C(C)N(c1ccc(F)cc1)S(C)(=O)=O. The fourth-order valence-electron chi connectivity index (χ4n) is 2.62. The average Bonchev–Trinajstić information content (AvgIpc) is 2.66. The van der Waals surface area contributed by atoms with Crippen LogP contribution in [0.4, 0.5) is 10.1 Å². The van der Waals surface area contributed by atoms with Gasteiger partial charge in [-0.2, -0.15) is 0 Å². The number of halogens is 1. The lowest BCUT2D eigenvalue weighted by atomic mass is 10.2.